The number of aliphatic hydroxyl groups excluding tert-OH is 1. The van der Waals surface area contributed by atoms with Crippen LogP contribution >= 0.6 is 0 Å². The summed E-state index contributed by atoms with van der Waals surface area (Å²) in [6.45, 7) is 5.23. The number of rotatable bonds is 13. The molecular weight excluding hydrogens is 594 g/mol. The minimum absolute atomic E-state index is 0.000820. The van der Waals surface area contributed by atoms with Gasteiger partial charge in [0.15, 0.2) is 17.3 Å². The quantitative estimate of drug-likeness (QED) is 0.317. The minimum atomic E-state index is -0.697. The zero-order valence-corrected chi connectivity index (χ0v) is 26.2. The van der Waals surface area contributed by atoms with Gasteiger partial charge in [-0.25, -0.2) is 0 Å². The van der Waals surface area contributed by atoms with E-state index in [1.165, 1.54) is 0 Å². The van der Waals surface area contributed by atoms with Crippen LogP contribution in [0.3, 0.4) is 0 Å². The van der Waals surface area contributed by atoms with Crippen LogP contribution in [0.1, 0.15) is 37.7 Å². The van der Waals surface area contributed by atoms with Crippen LogP contribution < -0.4 is 19.7 Å². The summed E-state index contributed by atoms with van der Waals surface area (Å²) in [4.78, 5) is 31.1. The number of amides is 2. The fraction of sp³-hybridized carbons (Fsp3) is 0.529. The number of anilines is 1. The highest BCUT2D eigenvalue weighted by Gasteiger charge is 2.51. The third-order valence-electron chi connectivity index (χ3n) is 9.19. The van der Waals surface area contributed by atoms with Gasteiger partial charge in [-0.3, -0.25) is 9.59 Å². The van der Waals surface area contributed by atoms with Crippen LogP contribution in [0.2, 0.25) is 0 Å². The van der Waals surface area contributed by atoms with Gasteiger partial charge in [0, 0.05) is 43.8 Å². The highest BCUT2D eigenvalue weighted by atomic mass is 16.7. The summed E-state index contributed by atoms with van der Waals surface area (Å²) in [7, 11) is 0. The summed E-state index contributed by atoms with van der Waals surface area (Å²) in [6.07, 6.45) is 2.85. The van der Waals surface area contributed by atoms with Crippen molar-refractivity contribution in [3.05, 3.63) is 65.9 Å². The molecule has 4 heterocycles. The first-order valence-corrected chi connectivity index (χ1v) is 16.1. The molecule has 248 valence electrons. The van der Waals surface area contributed by atoms with E-state index in [0.29, 0.717) is 76.9 Å². The molecule has 3 atom stereocenters. The van der Waals surface area contributed by atoms with E-state index in [0.717, 1.165) is 11.3 Å². The number of allylic oxidation sites excluding steroid dienone is 1. The standard InChI is InChI=1S/C34H43N3O9/c1-2-43-32-26(10-16-41-18-19-42-17-15-38)27(24-8-9-28-29(20-24)45-23-44-28)21-30(46-32)31(39)36-13-11-34(12-14-36)33(40)35-22-37(34)25-6-4-3-5-7-25/h3-9,20-21,26-27,32,38H,2,10-19,22-23H2,1H3,(H,35,40)/t26-,27+,32+/m1/s1. The lowest BCUT2D eigenvalue weighted by Crippen LogP contribution is -2.57. The van der Waals surface area contributed by atoms with Gasteiger partial charge in [0.1, 0.15) is 5.54 Å². The molecule has 0 saturated carbocycles. The molecule has 2 aromatic carbocycles. The summed E-state index contributed by atoms with van der Waals surface area (Å²) in [5, 5.41) is 11.9. The molecule has 12 nitrogen and oxygen atoms in total. The van der Waals surface area contributed by atoms with Crippen molar-refractivity contribution in [1.29, 1.82) is 0 Å². The number of ether oxygens (including phenoxy) is 6. The van der Waals surface area contributed by atoms with E-state index in [2.05, 4.69) is 10.2 Å². The lowest BCUT2D eigenvalue weighted by molar-refractivity contribution is -0.172. The molecule has 1 spiro atoms. The fourth-order valence-electron chi connectivity index (χ4n) is 6.81. The van der Waals surface area contributed by atoms with Gasteiger partial charge >= 0.3 is 0 Å². The molecule has 46 heavy (non-hydrogen) atoms. The Kier molecular flexibility index (Phi) is 10.3. The molecule has 0 bridgehead atoms. The van der Waals surface area contributed by atoms with Crippen LogP contribution in [0.25, 0.3) is 0 Å². The van der Waals surface area contributed by atoms with E-state index < -0.39 is 11.8 Å². The first-order valence-electron chi connectivity index (χ1n) is 16.1. The Bertz CT molecular complexity index is 1380. The summed E-state index contributed by atoms with van der Waals surface area (Å²) >= 11 is 0. The van der Waals surface area contributed by atoms with Crippen LogP contribution in [0.5, 0.6) is 11.5 Å². The Morgan fingerprint density at radius 3 is 2.54 bits per heavy atom. The Balaban J connectivity index is 1.20. The van der Waals surface area contributed by atoms with Crippen LogP contribution in [-0.4, -0.2) is 99.8 Å². The van der Waals surface area contributed by atoms with Gasteiger partial charge in [0.2, 0.25) is 19.0 Å². The SMILES string of the molecule is CCO[C@H]1OC(C(=O)N2CCC3(CC2)C(=O)NCN3c2ccccc2)=C[C@@H](c2ccc3c(c2)OCO3)[C@H]1CCOCCOCCO. The number of nitrogens with zero attached hydrogens (tertiary/aromatic N) is 2. The van der Waals surface area contributed by atoms with Gasteiger partial charge < -0.3 is 48.6 Å². The zero-order valence-electron chi connectivity index (χ0n) is 26.2. The molecule has 0 unspecified atom stereocenters. The number of likely N-dealkylation sites (tertiary alicyclic amines) is 1. The maximum absolute atomic E-state index is 14.1. The van der Waals surface area contributed by atoms with Crippen molar-refractivity contribution >= 4 is 17.5 Å². The average Bonchev–Trinajstić information content (AvgIpc) is 3.69. The molecule has 2 amide bonds. The fourth-order valence-corrected chi connectivity index (χ4v) is 6.81. The molecule has 2 saturated heterocycles. The van der Waals surface area contributed by atoms with E-state index in [1.54, 1.807) is 4.90 Å². The Morgan fingerprint density at radius 1 is 1.02 bits per heavy atom. The molecule has 4 aliphatic heterocycles. The monoisotopic (exact) mass is 637 g/mol. The second-order valence-corrected chi connectivity index (χ2v) is 11.8. The van der Waals surface area contributed by atoms with Crippen molar-refractivity contribution < 1.29 is 43.1 Å². The molecule has 0 aromatic heterocycles. The molecule has 6 rings (SSSR count). The third-order valence-corrected chi connectivity index (χ3v) is 9.19. The average molecular weight is 638 g/mol. The van der Waals surface area contributed by atoms with Crippen molar-refractivity contribution in [2.45, 2.75) is 43.9 Å². The highest BCUT2D eigenvalue weighted by molar-refractivity contribution is 5.95. The zero-order chi connectivity index (χ0) is 31.9. The summed E-state index contributed by atoms with van der Waals surface area (Å²) < 4.78 is 34.8. The van der Waals surface area contributed by atoms with Crippen molar-refractivity contribution in [1.82, 2.24) is 10.2 Å². The van der Waals surface area contributed by atoms with Gasteiger partial charge in [-0.1, -0.05) is 24.3 Å². The van der Waals surface area contributed by atoms with Crippen LogP contribution in [-0.2, 0) is 28.5 Å². The normalized spacial score (nSPS) is 23.3. The van der Waals surface area contributed by atoms with Crippen LogP contribution in [0, 0.1) is 5.92 Å². The second-order valence-electron chi connectivity index (χ2n) is 11.8. The smallest absolute Gasteiger partial charge is 0.288 e. The van der Waals surface area contributed by atoms with E-state index >= 15 is 0 Å². The van der Waals surface area contributed by atoms with Gasteiger partial charge in [-0.15, -0.1) is 0 Å². The maximum atomic E-state index is 14.1. The molecule has 2 fully saturated rings. The lowest BCUT2D eigenvalue weighted by atomic mass is 9.81. The van der Waals surface area contributed by atoms with E-state index in [9.17, 15) is 9.59 Å². The van der Waals surface area contributed by atoms with E-state index in [-0.39, 0.29) is 49.4 Å². The number of aliphatic hydroxyl groups is 1. The molecule has 2 N–H and O–H groups in total. The van der Waals surface area contributed by atoms with Gasteiger partial charge in [-0.05, 0) is 62.1 Å². The first-order chi connectivity index (χ1) is 22.5. The van der Waals surface area contributed by atoms with Crippen molar-refractivity contribution in [2.24, 2.45) is 5.92 Å². The predicted molar refractivity (Wildman–Crippen MR) is 167 cm³/mol. The van der Waals surface area contributed by atoms with Crippen LogP contribution in [0.15, 0.2) is 60.4 Å². The van der Waals surface area contributed by atoms with Gasteiger partial charge in [0.25, 0.3) is 5.91 Å². The Hall–Kier alpha value is -3.84. The molecule has 0 aliphatic carbocycles. The van der Waals surface area contributed by atoms with E-state index in [4.69, 9.17) is 33.5 Å². The number of carbonyl (C=O) groups is 2. The highest BCUT2D eigenvalue weighted by Crippen LogP contribution is 2.43. The minimum Gasteiger partial charge on any atom is -0.459 e. The Morgan fingerprint density at radius 2 is 1.78 bits per heavy atom. The van der Waals surface area contributed by atoms with E-state index in [1.807, 2.05) is 61.5 Å². The van der Waals surface area contributed by atoms with Crippen molar-refractivity contribution in [2.75, 3.05) is 71.1 Å². The number of fused-ring (bicyclic) bond motifs is 1. The molecule has 4 aliphatic rings. The maximum Gasteiger partial charge on any atom is 0.288 e. The third kappa shape index (κ3) is 6.66. The first kappa shape index (κ1) is 32.1. The number of para-hydroxylation sites is 1. The number of piperidine rings is 1. The summed E-state index contributed by atoms with van der Waals surface area (Å²) in [6, 6.07) is 15.8. The second kappa shape index (κ2) is 14.7. The summed E-state index contributed by atoms with van der Waals surface area (Å²) in [5.74, 6) is 0.991. The van der Waals surface area contributed by atoms with Crippen LogP contribution in [0.4, 0.5) is 5.69 Å². The number of hydrogen-bond acceptors (Lipinski definition) is 10. The van der Waals surface area contributed by atoms with Gasteiger partial charge in [0.05, 0.1) is 33.1 Å². The predicted octanol–water partition coefficient (Wildman–Crippen LogP) is 2.76. The Labute approximate surface area is 269 Å². The summed E-state index contributed by atoms with van der Waals surface area (Å²) in [5.41, 5.74) is 1.24. The molecular formula is C34H43N3O9. The van der Waals surface area contributed by atoms with Gasteiger partial charge in [-0.2, -0.15) is 0 Å². The molecule has 0 radical (unpaired) electrons. The number of carbonyl (C=O) groups excluding carboxylic acids is 2. The number of benzene rings is 2. The molecule has 12 heteroatoms. The topological polar surface area (TPSA) is 128 Å². The lowest BCUT2D eigenvalue weighted by Gasteiger charge is -2.44. The molecule has 2 aromatic rings. The number of hydrogen-bond donors (Lipinski definition) is 2. The van der Waals surface area contributed by atoms with Crippen molar-refractivity contribution in [3.8, 4) is 11.5 Å². The number of nitrogens with one attached hydrogen (secondary N) is 1. The van der Waals surface area contributed by atoms with Crippen molar-refractivity contribution in [3.63, 3.8) is 0 Å². The largest absolute Gasteiger partial charge is 0.459 e.